The standard InChI is InChI=1S/C10H14N2O3S/c11-9-2-1-7(3-8(9)10(12)15)16-5-6(14)4-13/h1-3,6,13-14H,4-5,11H2,(H2,12,15). The van der Waals surface area contributed by atoms with Gasteiger partial charge in [0.25, 0.3) is 5.91 Å². The number of amides is 1. The summed E-state index contributed by atoms with van der Waals surface area (Å²) in [5.74, 6) is -0.235. The second kappa shape index (κ2) is 5.74. The summed E-state index contributed by atoms with van der Waals surface area (Å²) in [5.41, 5.74) is 11.3. The summed E-state index contributed by atoms with van der Waals surface area (Å²) in [5, 5.41) is 17.8. The first kappa shape index (κ1) is 12.8. The van der Waals surface area contributed by atoms with E-state index in [0.717, 1.165) is 4.90 Å². The zero-order chi connectivity index (χ0) is 12.1. The Balaban J connectivity index is 2.75. The molecule has 0 aliphatic carbocycles. The maximum atomic E-state index is 11.0. The van der Waals surface area contributed by atoms with Crippen LogP contribution in [0.3, 0.4) is 0 Å². The number of nitrogens with two attached hydrogens (primary N) is 2. The van der Waals surface area contributed by atoms with E-state index in [1.54, 1.807) is 18.2 Å². The zero-order valence-corrected chi connectivity index (χ0v) is 9.41. The van der Waals surface area contributed by atoms with Gasteiger partial charge in [-0.1, -0.05) is 0 Å². The van der Waals surface area contributed by atoms with Crippen LogP contribution in [0.15, 0.2) is 23.1 Å². The SMILES string of the molecule is NC(=O)c1cc(SCC(O)CO)ccc1N. The van der Waals surface area contributed by atoms with E-state index in [2.05, 4.69) is 0 Å². The van der Waals surface area contributed by atoms with Crippen LogP contribution in [0.1, 0.15) is 10.4 Å². The number of anilines is 1. The van der Waals surface area contributed by atoms with E-state index >= 15 is 0 Å². The summed E-state index contributed by atoms with van der Waals surface area (Å²) in [7, 11) is 0. The Morgan fingerprint density at radius 1 is 1.50 bits per heavy atom. The molecule has 0 bridgehead atoms. The summed E-state index contributed by atoms with van der Waals surface area (Å²) in [6, 6.07) is 4.90. The Morgan fingerprint density at radius 3 is 2.75 bits per heavy atom. The maximum absolute atomic E-state index is 11.0. The second-order valence-electron chi connectivity index (χ2n) is 3.26. The lowest BCUT2D eigenvalue weighted by Gasteiger charge is -2.08. The van der Waals surface area contributed by atoms with Gasteiger partial charge in [0.2, 0.25) is 0 Å². The van der Waals surface area contributed by atoms with Crippen molar-refractivity contribution in [1.82, 2.24) is 0 Å². The van der Waals surface area contributed by atoms with Gasteiger partial charge >= 0.3 is 0 Å². The van der Waals surface area contributed by atoms with Crippen LogP contribution in [-0.4, -0.2) is 34.6 Å². The summed E-state index contributed by atoms with van der Waals surface area (Å²) >= 11 is 1.32. The molecule has 1 aromatic rings. The molecule has 0 aliphatic heterocycles. The molecule has 0 saturated carbocycles. The van der Waals surface area contributed by atoms with E-state index in [1.807, 2.05) is 0 Å². The highest BCUT2D eigenvalue weighted by atomic mass is 32.2. The van der Waals surface area contributed by atoms with Crippen molar-refractivity contribution in [3.63, 3.8) is 0 Å². The molecule has 16 heavy (non-hydrogen) atoms. The first-order valence-electron chi connectivity index (χ1n) is 4.65. The Kier molecular flexibility index (Phi) is 4.60. The normalized spacial score (nSPS) is 12.4. The number of carbonyl (C=O) groups is 1. The molecule has 5 nitrogen and oxygen atoms in total. The summed E-state index contributed by atoms with van der Waals surface area (Å²) in [6.45, 7) is -0.287. The largest absolute Gasteiger partial charge is 0.398 e. The molecule has 6 heteroatoms. The van der Waals surface area contributed by atoms with Gasteiger partial charge < -0.3 is 21.7 Å². The number of aliphatic hydroxyl groups excluding tert-OH is 2. The molecule has 1 aromatic carbocycles. The molecule has 0 aliphatic rings. The van der Waals surface area contributed by atoms with Gasteiger partial charge in [0.1, 0.15) is 0 Å². The lowest BCUT2D eigenvalue weighted by Crippen LogP contribution is -2.15. The van der Waals surface area contributed by atoms with Crippen molar-refractivity contribution < 1.29 is 15.0 Å². The molecule has 1 amide bonds. The molecule has 0 saturated heterocycles. The van der Waals surface area contributed by atoms with Crippen LogP contribution >= 0.6 is 11.8 Å². The number of nitrogen functional groups attached to an aromatic ring is 1. The predicted octanol–water partition coefficient (Wildman–Crippen LogP) is -0.187. The molecule has 88 valence electrons. The van der Waals surface area contributed by atoms with Gasteiger partial charge in [-0.15, -0.1) is 11.8 Å². The van der Waals surface area contributed by atoms with Gasteiger partial charge in [0.15, 0.2) is 0 Å². The minimum atomic E-state index is -0.778. The third kappa shape index (κ3) is 3.41. The maximum Gasteiger partial charge on any atom is 0.250 e. The average molecular weight is 242 g/mol. The van der Waals surface area contributed by atoms with E-state index in [9.17, 15) is 4.79 Å². The Morgan fingerprint density at radius 2 is 2.19 bits per heavy atom. The number of rotatable bonds is 5. The number of hydrogen-bond donors (Lipinski definition) is 4. The van der Waals surface area contributed by atoms with Crippen molar-refractivity contribution in [2.24, 2.45) is 5.73 Å². The predicted molar refractivity (Wildman–Crippen MR) is 63.2 cm³/mol. The molecule has 1 unspecified atom stereocenters. The van der Waals surface area contributed by atoms with Crippen LogP contribution in [0.4, 0.5) is 5.69 Å². The first-order valence-corrected chi connectivity index (χ1v) is 5.64. The van der Waals surface area contributed by atoms with E-state index < -0.39 is 12.0 Å². The van der Waals surface area contributed by atoms with Gasteiger partial charge in [-0.2, -0.15) is 0 Å². The van der Waals surface area contributed by atoms with E-state index in [-0.39, 0.29) is 12.2 Å². The highest BCUT2D eigenvalue weighted by Crippen LogP contribution is 2.23. The first-order chi connectivity index (χ1) is 7.54. The highest BCUT2D eigenvalue weighted by Gasteiger charge is 2.08. The summed E-state index contributed by atoms with van der Waals surface area (Å²) < 4.78 is 0. The molecule has 1 rings (SSSR count). The van der Waals surface area contributed by atoms with Gasteiger partial charge in [0, 0.05) is 16.3 Å². The molecule has 6 N–H and O–H groups in total. The van der Waals surface area contributed by atoms with Crippen LogP contribution in [0.2, 0.25) is 0 Å². The van der Waals surface area contributed by atoms with Gasteiger partial charge in [-0.3, -0.25) is 4.79 Å². The van der Waals surface area contributed by atoms with E-state index in [4.69, 9.17) is 21.7 Å². The fourth-order valence-electron chi connectivity index (χ4n) is 1.08. The molecule has 0 fully saturated rings. The average Bonchev–Trinajstić information content (AvgIpc) is 2.27. The lowest BCUT2D eigenvalue weighted by atomic mass is 10.2. The minimum absolute atomic E-state index is 0.267. The van der Waals surface area contributed by atoms with Crippen LogP contribution in [0, 0.1) is 0 Å². The highest BCUT2D eigenvalue weighted by molar-refractivity contribution is 7.99. The van der Waals surface area contributed by atoms with Crippen molar-refractivity contribution in [2.45, 2.75) is 11.0 Å². The van der Waals surface area contributed by atoms with Crippen molar-refractivity contribution >= 4 is 23.4 Å². The minimum Gasteiger partial charge on any atom is -0.398 e. The number of carbonyl (C=O) groups excluding carboxylic acids is 1. The number of thioether (sulfide) groups is 1. The molecule has 0 radical (unpaired) electrons. The fourth-order valence-corrected chi connectivity index (χ4v) is 1.94. The quantitative estimate of drug-likeness (QED) is 0.423. The zero-order valence-electron chi connectivity index (χ0n) is 8.59. The third-order valence-corrected chi connectivity index (χ3v) is 3.08. The molecular weight excluding hydrogens is 228 g/mol. The number of aliphatic hydroxyl groups is 2. The van der Waals surface area contributed by atoms with Crippen LogP contribution in [0.5, 0.6) is 0 Å². The van der Waals surface area contributed by atoms with Gasteiger partial charge in [-0.05, 0) is 18.2 Å². The molecule has 0 heterocycles. The van der Waals surface area contributed by atoms with Crippen LogP contribution < -0.4 is 11.5 Å². The van der Waals surface area contributed by atoms with Crippen molar-refractivity contribution in [3.8, 4) is 0 Å². The van der Waals surface area contributed by atoms with Crippen molar-refractivity contribution in [3.05, 3.63) is 23.8 Å². The van der Waals surface area contributed by atoms with E-state index in [0.29, 0.717) is 11.4 Å². The molecular formula is C10H14N2O3S. The van der Waals surface area contributed by atoms with Crippen LogP contribution in [0.25, 0.3) is 0 Å². The van der Waals surface area contributed by atoms with Gasteiger partial charge in [0.05, 0.1) is 18.3 Å². The Bertz CT molecular complexity index is 384. The molecule has 0 aromatic heterocycles. The number of hydrogen-bond acceptors (Lipinski definition) is 5. The van der Waals surface area contributed by atoms with Gasteiger partial charge in [-0.25, -0.2) is 0 Å². The molecule has 1 atom stereocenters. The van der Waals surface area contributed by atoms with Crippen molar-refractivity contribution in [1.29, 1.82) is 0 Å². The number of benzene rings is 1. The summed E-state index contributed by atoms with van der Waals surface area (Å²) in [4.78, 5) is 11.8. The smallest absolute Gasteiger partial charge is 0.250 e. The third-order valence-electron chi connectivity index (χ3n) is 1.94. The Labute approximate surface area is 97.4 Å². The second-order valence-corrected chi connectivity index (χ2v) is 4.35. The Hall–Kier alpha value is -1.24. The topological polar surface area (TPSA) is 110 Å². The monoisotopic (exact) mass is 242 g/mol. The lowest BCUT2D eigenvalue weighted by molar-refractivity contribution is 0.100. The van der Waals surface area contributed by atoms with Crippen molar-refractivity contribution in [2.75, 3.05) is 18.1 Å². The van der Waals surface area contributed by atoms with E-state index in [1.165, 1.54) is 11.8 Å². The number of primary amides is 1. The summed E-state index contributed by atoms with van der Waals surface area (Å²) in [6.07, 6.45) is -0.778. The van der Waals surface area contributed by atoms with Crippen LogP contribution in [-0.2, 0) is 0 Å². The molecule has 0 spiro atoms. The fraction of sp³-hybridized carbons (Fsp3) is 0.300.